The van der Waals surface area contributed by atoms with Crippen LogP contribution in [-0.4, -0.2) is 61.6 Å². The van der Waals surface area contributed by atoms with Gasteiger partial charge in [-0.2, -0.15) is 0 Å². The molecule has 3 fully saturated rings. The summed E-state index contributed by atoms with van der Waals surface area (Å²) < 4.78 is 5.47. The van der Waals surface area contributed by atoms with Crippen LogP contribution >= 0.6 is 0 Å². The number of nitrogens with zero attached hydrogens (tertiary/aromatic N) is 2. The van der Waals surface area contributed by atoms with Gasteiger partial charge < -0.3 is 14.5 Å². The lowest BCUT2D eigenvalue weighted by molar-refractivity contribution is -0.138. The summed E-state index contributed by atoms with van der Waals surface area (Å²) in [6.07, 6.45) is 6.27. The quantitative estimate of drug-likeness (QED) is 0.731. The highest BCUT2D eigenvalue weighted by atomic mass is 16.5. The van der Waals surface area contributed by atoms with Gasteiger partial charge in [0, 0.05) is 32.8 Å². The van der Waals surface area contributed by atoms with Crippen molar-refractivity contribution in [1.29, 1.82) is 0 Å². The van der Waals surface area contributed by atoms with Crippen molar-refractivity contribution in [3.8, 4) is 0 Å². The molecule has 0 bridgehead atoms. The normalized spacial score (nSPS) is 35.1. The molecule has 20 heavy (non-hydrogen) atoms. The van der Waals surface area contributed by atoms with Crippen LogP contribution in [0.2, 0.25) is 0 Å². The Morgan fingerprint density at radius 1 is 1.40 bits per heavy atom. The van der Waals surface area contributed by atoms with Crippen LogP contribution in [0.15, 0.2) is 12.7 Å². The SMILES string of the molecule is C=CCN1CCC2(CCCN(CC3CCOC3)C2)C1=O. The second-order valence-corrected chi connectivity index (χ2v) is 6.64. The summed E-state index contributed by atoms with van der Waals surface area (Å²) in [7, 11) is 0. The highest BCUT2D eigenvalue weighted by Crippen LogP contribution is 2.40. The van der Waals surface area contributed by atoms with Crippen LogP contribution in [0.3, 0.4) is 0 Å². The number of rotatable bonds is 4. The number of amides is 1. The molecule has 3 aliphatic rings. The predicted molar refractivity (Wildman–Crippen MR) is 78.4 cm³/mol. The number of likely N-dealkylation sites (tertiary alicyclic amines) is 2. The van der Waals surface area contributed by atoms with E-state index in [-0.39, 0.29) is 5.41 Å². The number of carbonyl (C=O) groups excluding carboxylic acids is 1. The zero-order chi connectivity index (χ0) is 14.0. The van der Waals surface area contributed by atoms with Crippen LogP contribution in [0, 0.1) is 11.3 Å². The fourth-order valence-corrected chi connectivity index (χ4v) is 4.08. The molecule has 0 saturated carbocycles. The molecule has 0 aromatic heterocycles. The summed E-state index contributed by atoms with van der Waals surface area (Å²) in [5.41, 5.74) is -0.0965. The maximum atomic E-state index is 12.7. The minimum absolute atomic E-state index is 0.0965. The number of carbonyl (C=O) groups is 1. The Balaban J connectivity index is 1.62. The Kier molecular flexibility index (Phi) is 4.13. The Hall–Kier alpha value is -0.870. The van der Waals surface area contributed by atoms with E-state index in [9.17, 15) is 4.79 Å². The number of hydrogen-bond acceptors (Lipinski definition) is 3. The molecule has 0 N–H and O–H groups in total. The standard InChI is InChI=1S/C16H26N2O2/c1-2-7-18-9-6-16(15(18)19)5-3-8-17(13-16)11-14-4-10-20-12-14/h2,14H,1,3-13H2. The third-order valence-electron chi connectivity index (χ3n) is 5.15. The van der Waals surface area contributed by atoms with Gasteiger partial charge >= 0.3 is 0 Å². The van der Waals surface area contributed by atoms with Crippen molar-refractivity contribution in [1.82, 2.24) is 9.80 Å². The van der Waals surface area contributed by atoms with Crippen molar-refractivity contribution >= 4 is 5.91 Å². The van der Waals surface area contributed by atoms with Crippen molar-refractivity contribution in [2.75, 3.05) is 45.9 Å². The first-order chi connectivity index (χ1) is 9.73. The molecule has 3 saturated heterocycles. The average molecular weight is 278 g/mol. The second-order valence-electron chi connectivity index (χ2n) is 6.64. The summed E-state index contributed by atoms with van der Waals surface area (Å²) in [6.45, 7) is 10.4. The zero-order valence-electron chi connectivity index (χ0n) is 12.4. The van der Waals surface area contributed by atoms with Crippen LogP contribution in [-0.2, 0) is 9.53 Å². The molecule has 112 valence electrons. The van der Waals surface area contributed by atoms with Crippen LogP contribution in [0.1, 0.15) is 25.7 Å². The van der Waals surface area contributed by atoms with E-state index in [0.717, 1.165) is 58.7 Å². The fourth-order valence-electron chi connectivity index (χ4n) is 4.08. The smallest absolute Gasteiger partial charge is 0.230 e. The Labute approximate surface area is 121 Å². The van der Waals surface area contributed by atoms with Crippen LogP contribution in [0.5, 0.6) is 0 Å². The third-order valence-corrected chi connectivity index (χ3v) is 5.15. The summed E-state index contributed by atoms with van der Waals surface area (Å²) in [5.74, 6) is 1.04. The van der Waals surface area contributed by atoms with Gasteiger partial charge in [-0.3, -0.25) is 4.79 Å². The van der Waals surface area contributed by atoms with Gasteiger partial charge in [0.15, 0.2) is 0 Å². The summed E-state index contributed by atoms with van der Waals surface area (Å²) in [6, 6.07) is 0. The second kappa shape index (κ2) is 5.86. The number of ether oxygens (including phenoxy) is 1. The molecule has 1 amide bonds. The first kappa shape index (κ1) is 14.1. The minimum atomic E-state index is -0.0965. The van der Waals surface area contributed by atoms with Crippen molar-refractivity contribution < 1.29 is 9.53 Å². The van der Waals surface area contributed by atoms with E-state index in [4.69, 9.17) is 4.74 Å². The number of hydrogen-bond donors (Lipinski definition) is 0. The zero-order valence-corrected chi connectivity index (χ0v) is 12.4. The first-order valence-corrected chi connectivity index (χ1v) is 7.94. The fraction of sp³-hybridized carbons (Fsp3) is 0.812. The van der Waals surface area contributed by atoms with Crippen molar-refractivity contribution in [3.63, 3.8) is 0 Å². The van der Waals surface area contributed by atoms with E-state index >= 15 is 0 Å². The van der Waals surface area contributed by atoms with Crippen LogP contribution in [0.4, 0.5) is 0 Å². The molecule has 1 spiro atoms. The largest absolute Gasteiger partial charge is 0.381 e. The molecule has 2 unspecified atom stereocenters. The van der Waals surface area contributed by atoms with Gasteiger partial charge in [0.05, 0.1) is 12.0 Å². The lowest BCUT2D eigenvalue weighted by Gasteiger charge is -2.39. The van der Waals surface area contributed by atoms with Gasteiger partial charge in [0.1, 0.15) is 0 Å². The van der Waals surface area contributed by atoms with Crippen molar-refractivity contribution in [3.05, 3.63) is 12.7 Å². The predicted octanol–water partition coefficient (Wildman–Crippen LogP) is 1.52. The monoisotopic (exact) mass is 278 g/mol. The molecule has 3 heterocycles. The van der Waals surface area contributed by atoms with E-state index in [0.29, 0.717) is 18.4 Å². The molecule has 0 aliphatic carbocycles. The highest BCUT2D eigenvalue weighted by molar-refractivity contribution is 5.85. The average Bonchev–Trinajstić information content (AvgIpc) is 3.04. The molecule has 3 rings (SSSR count). The first-order valence-electron chi connectivity index (χ1n) is 7.94. The minimum Gasteiger partial charge on any atom is -0.381 e. The third kappa shape index (κ3) is 2.63. The van der Waals surface area contributed by atoms with Crippen molar-refractivity contribution in [2.45, 2.75) is 25.7 Å². The van der Waals surface area contributed by atoms with Gasteiger partial charge in [-0.25, -0.2) is 0 Å². The van der Waals surface area contributed by atoms with E-state index in [2.05, 4.69) is 11.5 Å². The lowest BCUT2D eigenvalue weighted by Crippen LogP contribution is -2.49. The van der Waals surface area contributed by atoms with E-state index in [1.807, 2.05) is 11.0 Å². The van der Waals surface area contributed by atoms with E-state index in [1.54, 1.807) is 0 Å². The Morgan fingerprint density at radius 2 is 2.30 bits per heavy atom. The Morgan fingerprint density at radius 3 is 3.05 bits per heavy atom. The van der Waals surface area contributed by atoms with Gasteiger partial charge in [-0.1, -0.05) is 6.08 Å². The maximum Gasteiger partial charge on any atom is 0.230 e. The summed E-state index contributed by atoms with van der Waals surface area (Å²) in [4.78, 5) is 17.2. The maximum absolute atomic E-state index is 12.7. The molecule has 0 aromatic rings. The molecule has 4 heteroatoms. The summed E-state index contributed by atoms with van der Waals surface area (Å²) >= 11 is 0. The van der Waals surface area contributed by atoms with Gasteiger partial charge in [0.2, 0.25) is 5.91 Å². The van der Waals surface area contributed by atoms with Crippen LogP contribution < -0.4 is 0 Å². The van der Waals surface area contributed by atoms with E-state index in [1.165, 1.54) is 6.42 Å². The lowest BCUT2D eigenvalue weighted by atomic mass is 9.78. The van der Waals surface area contributed by atoms with Crippen molar-refractivity contribution in [2.24, 2.45) is 11.3 Å². The van der Waals surface area contributed by atoms with E-state index < -0.39 is 0 Å². The molecule has 0 aromatic carbocycles. The number of piperidine rings is 1. The van der Waals surface area contributed by atoms with Crippen LogP contribution in [0.25, 0.3) is 0 Å². The molecular formula is C16H26N2O2. The molecule has 3 aliphatic heterocycles. The molecule has 2 atom stereocenters. The highest BCUT2D eigenvalue weighted by Gasteiger charge is 2.48. The van der Waals surface area contributed by atoms with Gasteiger partial charge in [-0.05, 0) is 38.1 Å². The molecular weight excluding hydrogens is 252 g/mol. The topological polar surface area (TPSA) is 32.8 Å². The van der Waals surface area contributed by atoms with Gasteiger partial charge in [-0.15, -0.1) is 6.58 Å². The summed E-state index contributed by atoms with van der Waals surface area (Å²) in [5, 5.41) is 0. The molecule has 0 radical (unpaired) electrons. The van der Waals surface area contributed by atoms with Gasteiger partial charge in [0.25, 0.3) is 0 Å². The Bertz CT molecular complexity index is 379. The molecule has 4 nitrogen and oxygen atoms in total.